The summed E-state index contributed by atoms with van der Waals surface area (Å²) in [6.45, 7) is 2.92. The van der Waals surface area contributed by atoms with Crippen molar-refractivity contribution in [2.45, 2.75) is 44.6 Å². The van der Waals surface area contributed by atoms with Crippen LogP contribution in [0.15, 0.2) is 24.3 Å². The molecule has 0 spiro atoms. The number of nitrogens with one attached hydrogen (secondary N) is 1. The molecule has 1 aliphatic carbocycles. The second-order valence-corrected chi connectivity index (χ2v) is 7.18. The van der Waals surface area contributed by atoms with Gasteiger partial charge in [0.25, 0.3) is 0 Å². The molecule has 1 aromatic carbocycles. The number of carbonyl (C=O) groups is 1. The fraction of sp³-hybridized carbons (Fsp3) is 0.650. The SMILES string of the molecule is COc1cccc(N2CC[C@@H](CNC(=O)COC3CCCCC3)C2)c1. The Labute approximate surface area is 150 Å². The van der Waals surface area contributed by atoms with Gasteiger partial charge in [-0.25, -0.2) is 0 Å². The van der Waals surface area contributed by atoms with Crippen molar-refractivity contribution < 1.29 is 14.3 Å². The quantitative estimate of drug-likeness (QED) is 0.825. The molecule has 2 aliphatic rings. The summed E-state index contributed by atoms with van der Waals surface area (Å²) in [5.74, 6) is 1.39. The monoisotopic (exact) mass is 346 g/mol. The number of hydrogen-bond donors (Lipinski definition) is 1. The summed E-state index contributed by atoms with van der Waals surface area (Å²) in [4.78, 5) is 14.4. The zero-order valence-electron chi connectivity index (χ0n) is 15.2. The first-order valence-electron chi connectivity index (χ1n) is 9.52. The number of benzene rings is 1. The van der Waals surface area contributed by atoms with Crippen molar-refractivity contribution in [3.63, 3.8) is 0 Å². The molecule has 0 aromatic heterocycles. The standard InChI is InChI=1S/C20H30N2O3/c1-24-19-9-5-6-17(12-19)22-11-10-16(14-22)13-21-20(23)15-25-18-7-3-2-4-8-18/h5-6,9,12,16,18H,2-4,7-8,10-11,13-15H2,1H3,(H,21,23)/t16-/m0/s1. The predicted octanol–water partition coefficient (Wildman–Crippen LogP) is 2.99. The number of ether oxygens (including phenoxy) is 2. The topological polar surface area (TPSA) is 50.8 Å². The van der Waals surface area contributed by atoms with Gasteiger partial charge in [-0.2, -0.15) is 0 Å². The number of rotatable bonds is 7. The zero-order valence-corrected chi connectivity index (χ0v) is 15.2. The number of amides is 1. The fourth-order valence-corrected chi connectivity index (χ4v) is 3.78. The molecule has 1 aliphatic heterocycles. The van der Waals surface area contributed by atoms with Gasteiger partial charge in [0, 0.05) is 31.4 Å². The predicted molar refractivity (Wildman–Crippen MR) is 99.1 cm³/mol. The third kappa shape index (κ3) is 5.36. The van der Waals surface area contributed by atoms with E-state index in [9.17, 15) is 4.79 Å². The zero-order chi connectivity index (χ0) is 17.5. The van der Waals surface area contributed by atoms with Gasteiger partial charge < -0.3 is 19.7 Å². The van der Waals surface area contributed by atoms with Crippen LogP contribution in [-0.2, 0) is 9.53 Å². The van der Waals surface area contributed by atoms with Gasteiger partial charge in [-0.15, -0.1) is 0 Å². The third-order valence-electron chi connectivity index (χ3n) is 5.29. The molecule has 5 heteroatoms. The van der Waals surface area contributed by atoms with Crippen LogP contribution in [0.3, 0.4) is 0 Å². The molecular formula is C20H30N2O3. The van der Waals surface area contributed by atoms with Gasteiger partial charge in [0.15, 0.2) is 0 Å². The second kappa shape index (κ2) is 9.09. The average Bonchev–Trinajstić information content (AvgIpc) is 3.15. The molecule has 1 amide bonds. The molecule has 5 nitrogen and oxygen atoms in total. The van der Waals surface area contributed by atoms with Gasteiger partial charge in [0.2, 0.25) is 5.91 Å². The highest BCUT2D eigenvalue weighted by Gasteiger charge is 2.23. The van der Waals surface area contributed by atoms with Gasteiger partial charge in [-0.1, -0.05) is 25.3 Å². The summed E-state index contributed by atoms with van der Waals surface area (Å²) in [5, 5.41) is 3.04. The molecule has 1 atom stereocenters. The van der Waals surface area contributed by atoms with E-state index in [0.29, 0.717) is 5.92 Å². The highest BCUT2D eigenvalue weighted by Crippen LogP contribution is 2.26. The molecule has 25 heavy (non-hydrogen) atoms. The van der Waals surface area contributed by atoms with E-state index in [0.717, 1.165) is 44.6 Å². The van der Waals surface area contributed by atoms with Crippen LogP contribution >= 0.6 is 0 Å². The van der Waals surface area contributed by atoms with E-state index in [1.807, 2.05) is 12.1 Å². The lowest BCUT2D eigenvalue weighted by atomic mass is 9.98. The highest BCUT2D eigenvalue weighted by molar-refractivity contribution is 5.77. The summed E-state index contributed by atoms with van der Waals surface area (Å²) >= 11 is 0. The van der Waals surface area contributed by atoms with Crippen molar-refractivity contribution in [1.82, 2.24) is 5.32 Å². The van der Waals surface area contributed by atoms with E-state index < -0.39 is 0 Å². The van der Waals surface area contributed by atoms with Gasteiger partial charge in [0.05, 0.1) is 13.2 Å². The summed E-state index contributed by atoms with van der Waals surface area (Å²) in [6.07, 6.45) is 7.35. The van der Waals surface area contributed by atoms with E-state index in [4.69, 9.17) is 9.47 Å². The molecule has 1 heterocycles. The summed E-state index contributed by atoms with van der Waals surface area (Å²) < 4.78 is 11.0. The van der Waals surface area contributed by atoms with Crippen LogP contribution in [0.25, 0.3) is 0 Å². The smallest absolute Gasteiger partial charge is 0.246 e. The Morgan fingerprint density at radius 1 is 1.24 bits per heavy atom. The molecule has 0 bridgehead atoms. The Balaban J connectivity index is 1.37. The maximum Gasteiger partial charge on any atom is 0.246 e. The normalized spacial score (nSPS) is 21.3. The van der Waals surface area contributed by atoms with Crippen molar-refractivity contribution >= 4 is 11.6 Å². The molecule has 0 unspecified atom stereocenters. The van der Waals surface area contributed by atoms with Gasteiger partial charge >= 0.3 is 0 Å². The van der Waals surface area contributed by atoms with E-state index in [1.54, 1.807) is 7.11 Å². The van der Waals surface area contributed by atoms with E-state index in [1.165, 1.54) is 24.9 Å². The first-order valence-corrected chi connectivity index (χ1v) is 9.52. The molecule has 0 radical (unpaired) electrons. The highest BCUT2D eigenvalue weighted by atomic mass is 16.5. The van der Waals surface area contributed by atoms with E-state index in [-0.39, 0.29) is 18.6 Å². The first kappa shape index (κ1) is 18.1. The minimum absolute atomic E-state index is 0.0189. The molecule has 1 saturated heterocycles. The van der Waals surface area contributed by atoms with Crippen LogP contribution in [0.1, 0.15) is 38.5 Å². The Kier molecular flexibility index (Phi) is 6.56. The maximum atomic E-state index is 12.0. The Bertz CT molecular complexity index is 558. The summed E-state index contributed by atoms with van der Waals surface area (Å²) in [7, 11) is 1.69. The minimum Gasteiger partial charge on any atom is -0.497 e. The molecular weight excluding hydrogens is 316 g/mol. The minimum atomic E-state index is 0.0189. The summed E-state index contributed by atoms with van der Waals surface area (Å²) in [6, 6.07) is 8.16. The molecule has 1 aromatic rings. The van der Waals surface area contributed by atoms with Crippen molar-refractivity contribution in [1.29, 1.82) is 0 Å². The molecule has 1 saturated carbocycles. The van der Waals surface area contributed by atoms with Crippen LogP contribution in [0.4, 0.5) is 5.69 Å². The van der Waals surface area contributed by atoms with E-state index >= 15 is 0 Å². The van der Waals surface area contributed by atoms with Crippen LogP contribution in [0.5, 0.6) is 5.75 Å². The molecule has 3 rings (SSSR count). The van der Waals surface area contributed by atoms with E-state index in [2.05, 4.69) is 22.3 Å². The molecule has 138 valence electrons. The third-order valence-corrected chi connectivity index (χ3v) is 5.29. The number of carbonyl (C=O) groups excluding carboxylic acids is 1. The number of anilines is 1. The van der Waals surface area contributed by atoms with Gasteiger partial charge in [-0.3, -0.25) is 4.79 Å². The largest absolute Gasteiger partial charge is 0.497 e. The number of methoxy groups -OCH3 is 1. The van der Waals surface area contributed by atoms with Crippen molar-refractivity contribution in [3.8, 4) is 5.75 Å². The van der Waals surface area contributed by atoms with Crippen LogP contribution in [-0.4, -0.2) is 45.4 Å². The van der Waals surface area contributed by atoms with Crippen LogP contribution in [0, 0.1) is 5.92 Å². The average molecular weight is 346 g/mol. The maximum absolute atomic E-state index is 12.0. The Morgan fingerprint density at radius 3 is 2.88 bits per heavy atom. The fourth-order valence-electron chi connectivity index (χ4n) is 3.78. The van der Waals surface area contributed by atoms with Crippen LogP contribution < -0.4 is 15.0 Å². The van der Waals surface area contributed by atoms with Gasteiger partial charge in [0.1, 0.15) is 12.4 Å². The Morgan fingerprint density at radius 2 is 2.08 bits per heavy atom. The van der Waals surface area contributed by atoms with Crippen LogP contribution in [0.2, 0.25) is 0 Å². The molecule has 2 fully saturated rings. The first-order chi connectivity index (χ1) is 12.2. The summed E-state index contributed by atoms with van der Waals surface area (Å²) in [5.41, 5.74) is 1.19. The second-order valence-electron chi connectivity index (χ2n) is 7.18. The number of hydrogen-bond acceptors (Lipinski definition) is 4. The number of nitrogens with zero attached hydrogens (tertiary/aromatic N) is 1. The van der Waals surface area contributed by atoms with Crippen molar-refractivity contribution in [2.24, 2.45) is 5.92 Å². The van der Waals surface area contributed by atoms with Crippen molar-refractivity contribution in [2.75, 3.05) is 38.3 Å². The van der Waals surface area contributed by atoms with Crippen molar-refractivity contribution in [3.05, 3.63) is 24.3 Å². The molecule has 1 N–H and O–H groups in total. The lowest BCUT2D eigenvalue weighted by molar-refractivity contribution is -0.128. The lowest BCUT2D eigenvalue weighted by Crippen LogP contribution is -2.34. The Hall–Kier alpha value is -1.75. The lowest BCUT2D eigenvalue weighted by Gasteiger charge is -2.22. The van der Waals surface area contributed by atoms with Gasteiger partial charge in [-0.05, 0) is 37.3 Å².